The first-order valence-corrected chi connectivity index (χ1v) is 10.4. The topological polar surface area (TPSA) is 6.48 Å². The van der Waals surface area contributed by atoms with E-state index in [-0.39, 0.29) is 0 Å². The highest BCUT2D eigenvalue weighted by molar-refractivity contribution is 5.32. The molecule has 1 aliphatic rings. The molecule has 0 saturated carbocycles. The average Bonchev–Trinajstić information content (AvgIpc) is 2.74. The van der Waals surface area contributed by atoms with Gasteiger partial charge in [-0.3, -0.25) is 9.80 Å². The summed E-state index contributed by atoms with van der Waals surface area (Å²) in [6.45, 7) is 7.94. The van der Waals surface area contributed by atoms with E-state index in [1.807, 2.05) is 0 Å². The lowest BCUT2D eigenvalue weighted by Gasteiger charge is -2.47. The number of hydrogen-bond donors (Lipinski definition) is 0. The Kier molecular flexibility index (Phi) is 5.90. The fourth-order valence-corrected chi connectivity index (χ4v) is 4.47. The highest BCUT2D eigenvalue weighted by atomic mass is 15.3. The average molecular weight is 371 g/mol. The van der Waals surface area contributed by atoms with Crippen molar-refractivity contribution in [2.75, 3.05) is 13.1 Å². The molecular formula is C26H30N2. The van der Waals surface area contributed by atoms with Crippen LogP contribution in [0.4, 0.5) is 0 Å². The molecule has 1 heterocycles. The third-order valence-electron chi connectivity index (χ3n) is 5.95. The lowest BCUT2D eigenvalue weighted by atomic mass is 9.93. The van der Waals surface area contributed by atoms with Crippen molar-refractivity contribution in [1.82, 2.24) is 9.80 Å². The summed E-state index contributed by atoms with van der Waals surface area (Å²) < 4.78 is 0. The summed E-state index contributed by atoms with van der Waals surface area (Å²) in [7, 11) is 0. The molecule has 0 aromatic heterocycles. The van der Waals surface area contributed by atoms with Crippen LogP contribution in [0.3, 0.4) is 0 Å². The molecule has 0 radical (unpaired) electrons. The largest absolute Gasteiger partial charge is 0.294 e. The number of benzene rings is 3. The van der Waals surface area contributed by atoms with E-state index in [0.717, 1.165) is 19.6 Å². The Morgan fingerprint density at radius 3 is 1.71 bits per heavy atom. The van der Waals surface area contributed by atoms with Crippen molar-refractivity contribution in [1.29, 1.82) is 0 Å². The first-order chi connectivity index (χ1) is 13.7. The number of hydrogen-bond acceptors (Lipinski definition) is 2. The summed E-state index contributed by atoms with van der Waals surface area (Å²) in [4.78, 5) is 5.32. The summed E-state index contributed by atoms with van der Waals surface area (Å²) in [6, 6.07) is 34.1. The molecule has 2 heteroatoms. The predicted octanol–water partition coefficient (Wildman–Crippen LogP) is 5.37. The molecule has 0 N–H and O–H groups in total. The maximum absolute atomic E-state index is 2.69. The van der Waals surface area contributed by atoms with Gasteiger partial charge < -0.3 is 0 Å². The van der Waals surface area contributed by atoms with E-state index in [0.29, 0.717) is 18.1 Å². The van der Waals surface area contributed by atoms with Gasteiger partial charge in [-0.25, -0.2) is 0 Å². The van der Waals surface area contributed by atoms with Gasteiger partial charge in [0.2, 0.25) is 0 Å². The van der Waals surface area contributed by atoms with E-state index < -0.39 is 0 Å². The van der Waals surface area contributed by atoms with Crippen LogP contribution in [-0.2, 0) is 6.54 Å². The van der Waals surface area contributed by atoms with Gasteiger partial charge in [0.05, 0.1) is 6.04 Å². The third-order valence-corrected chi connectivity index (χ3v) is 5.95. The minimum atomic E-state index is 0.304. The molecule has 2 atom stereocenters. The van der Waals surface area contributed by atoms with Crippen molar-refractivity contribution in [2.45, 2.75) is 38.5 Å². The second-order valence-electron chi connectivity index (χ2n) is 8.03. The van der Waals surface area contributed by atoms with Gasteiger partial charge in [-0.2, -0.15) is 0 Å². The summed E-state index contributed by atoms with van der Waals surface area (Å²) in [5.41, 5.74) is 4.16. The highest BCUT2D eigenvalue weighted by Gasteiger charge is 2.34. The monoisotopic (exact) mass is 370 g/mol. The molecule has 4 rings (SSSR count). The summed E-state index contributed by atoms with van der Waals surface area (Å²) in [5, 5.41) is 0. The van der Waals surface area contributed by atoms with Gasteiger partial charge in [0.15, 0.2) is 0 Å². The lowest BCUT2D eigenvalue weighted by molar-refractivity contribution is 0.0195. The Bertz CT molecular complexity index is 808. The van der Waals surface area contributed by atoms with Crippen LogP contribution >= 0.6 is 0 Å². The Hall–Kier alpha value is -2.42. The van der Waals surface area contributed by atoms with Crippen LogP contribution in [0.1, 0.15) is 36.6 Å². The van der Waals surface area contributed by atoms with Crippen LogP contribution in [0.5, 0.6) is 0 Å². The summed E-state index contributed by atoms with van der Waals surface area (Å²) in [6.07, 6.45) is 0. The van der Waals surface area contributed by atoms with Crippen LogP contribution < -0.4 is 0 Å². The van der Waals surface area contributed by atoms with E-state index in [9.17, 15) is 0 Å². The normalized spacial score (nSPS) is 21.1. The maximum Gasteiger partial charge on any atom is 0.0605 e. The van der Waals surface area contributed by atoms with E-state index in [1.54, 1.807) is 0 Å². The molecule has 3 aromatic carbocycles. The van der Waals surface area contributed by atoms with Crippen LogP contribution in [0.25, 0.3) is 0 Å². The molecule has 1 fully saturated rings. The van der Waals surface area contributed by atoms with Gasteiger partial charge in [-0.15, -0.1) is 0 Å². The zero-order chi connectivity index (χ0) is 19.3. The van der Waals surface area contributed by atoms with Crippen molar-refractivity contribution in [3.63, 3.8) is 0 Å². The Balaban J connectivity index is 1.58. The van der Waals surface area contributed by atoms with Crippen molar-refractivity contribution < 1.29 is 0 Å². The number of piperazine rings is 1. The molecule has 28 heavy (non-hydrogen) atoms. The predicted molar refractivity (Wildman–Crippen MR) is 117 cm³/mol. The van der Waals surface area contributed by atoms with Crippen LogP contribution in [0.15, 0.2) is 91.0 Å². The Labute approximate surface area is 169 Å². The molecule has 1 aliphatic heterocycles. The van der Waals surface area contributed by atoms with E-state index >= 15 is 0 Å². The molecule has 1 saturated heterocycles. The second kappa shape index (κ2) is 8.72. The maximum atomic E-state index is 2.69. The van der Waals surface area contributed by atoms with Crippen LogP contribution in [0.2, 0.25) is 0 Å². The molecule has 0 spiro atoms. The standard InChI is InChI=1S/C26H30N2/c1-21-19-28(22(2)18-27(21)20-23-12-6-3-7-13-23)26(24-14-8-4-9-15-24)25-16-10-5-11-17-25/h3-17,21-22,26H,18-20H2,1-2H3/t21-,22+/m1/s1. The van der Waals surface area contributed by atoms with Gasteiger partial charge in [-0.1, -0.05) is 91.0 Å². The molecule has 0 bridgehead atoms. The molecular weight excluding hydrogens is 340 g/mol. The molecule has 144 valence electrons. The van der Waals surface area contributed by atoms with Crippen LogP contribution in [0, 0.1) is 0 Å². The summed E-state index contributed by atoms with van der Waals surface area (Å²) in [5.74, 6) is 0. The third kappa shape index (κ3) is 4.19. The minimum Gasteiger partial charge on any atom is -0.294 e. The fourth-order valence-electron chi connectivity index (χ4n) is 4.47. The van der Waals surface area contributed by atoms with Crippen molar-refractivity contribution in [3.8, 4) is 0 Å². The highest BCUT2D eigenvalue weighted by Crippen LogP contribution is 2.33. The molecule has 0 unspecified atom stereocenters. The smallest absolute Gasteiger partial charge is 0.0605 e. The van der Waals surface area contributed by atoms with Gasteiger partial charge in [0, 0.05) is 31.7 Å². The van der Waals surface area contributed by atoms with Crippen molar-refractivity contribution >= 4 is 0 Å². The van der Waals surface area contributed by atoms with Gasteiger partial charge in [0.1, 0.15) is 0 Å². The summed E-state index contributed by atoms with van der Waals surface area (Å²) >= 11 is 0. The van der Waals surface area contributed by atoms with Gasteiger partial charge >= 0.3 is 0 Å². The Morgan fingerprint density at radius 2 is 1.18 bits per heavy atom. The molecule has 0 aliphatic carbocycles. The molecule has 2 nitrogen and oxygen atoms in total. The van der Waals surface area contributed by atoms with E-state index in [2.05, 4.69) is 115 Å². The zero-order valence-corrected chi connectivity index (χ0v) is 16.9. The molecule has 0 amide bonds. The van der Waals surface area contributed by atoms with Gasteiger partial charge in [0.25, 0.3) is 0 Å². The second-order valence-corrected chi connectivity index (χ2v) is 8.03. The number of rotatable bonds is 5. The van der Waals surface area contributed by atoms with E-state index in [4.69, 9.17) is 0 Å². The first-order valence-electron chi connectivity index (χ1n) is 10.4. The van der Waals surface area contributed by atoms with Gasteiger partial charge in [-0.05, 0) is 30.5 Å². The Morgan fingerprint density at radius 1 is 0.679 bits per heavy atom. The zero-order valence-electron chi connectivity index (χ0n) is 16.9. The fraction of sp³-hybridized carbons (Fsp3) is 0.308. The SMILES string of the molecule is C[C@@H]1CN(C(c2ccccc2)c2ccccc2)[C@@H](C)CN1Cc1ccccc1. The number of nitrogens with zero attached hydrogens (tertiary/aromatic N) is 2. The molecule has 3 aromatic rings. The first kappa shape index (κ1) is 18.9. The minimum absolute atomic E-state index is 0.304. The lowest BCUT2D eigenvalue weighted by Crippen LogP contribution is -2.56. The van der Waals surface area contributed by atoms with Crippen molar-refractivity contribution in [3.05, 3.63) is 108 Å². The quantitative estimate of drug-likeness (QED) is 0.596. The van der Waals surface area contributed by atoms with Crippen LogP contribution in [-0.4, -0.2) is 35.0 Å². The van der Waals surface area contributed by atoms with Crippen molar-refractivity contribution in [2.24, 2.45) is 0 Å². The van der Waals surface area contributed by atoms with E-state index in [1.165, 1.54) is 16.7 Å².